The van der Waals surface area contributed by atoms with Crippen LogP contribution in [0.1, 0.15) is 49.9 Å². The average Bonchev–Trinajstić information content (AvgIpc) is 2.79. The zero-order chi connectivity index (χ0) is 28.6. The van der Waals surface area contributed by atoms with Crippen molar-refractivity contribution in [3.63, 3.8) is 0 Å². The Morgan fingerprint density at radius 3 is 2.24 bits per heavy atom. The summed E-state index contributed by atoms with van der Waals surface area (Å²) in [5.41, 5.74) is 7.02. The Bertz CT molecular complexity index is 1180. The Hall–Kier alpha value is -4.34. The molecule has 0 spiro atoms. The van der Waals surface area contributed by atoms with Gasteiger partial charge in [0.25, 0.3) is 5.91 Å². The first kappa shape index (κ1) is 29.9. The Morgan fingerprint density at radius 1 is 1.11 bits per heavy atom. The maximum atomic E-state index is 13.8. The highest BCUT2D eigenvalue weighted by atomic mass is 16.6. The zero-order valence-electron chi connectivity index (χ0n) is 22.4. The van der Waals surface area contributed by atoms with Crippen molar-refractivity contribution in [1.82, 2.24) is 10.2 Å². The number of hydrogen-bond donors (Lipinski definition) is 4. The van der Waals surface area contributed by atoms with Gasteiger partial charge in [-0.3, -0.25) is 14.4 Å². The number of aromatic hydroxyl groups is 1. The van der Waals surface area contributed by atoms with Crippen LogP contribution >= 0.6 is 0 Å². The molecule has 2 atom stereocenters. The van der Waals surface area contributed by atoms with Crippen molar-refractivity contribution in [3.8, 4) is 5.75 Å². The van der Waals surface area contributed by atoms with E-state index in [0.717, 1.165) is 16.0 Å². The normalized spacial score (nSPS) is 12.6. The fraction of sp³-hybridized carbons (Fsp3) is 0.357. The number of benzene rings is 2. The Labute approximate surface area is 222 Å². The van der Waals surface area contributed by atoms with E-state index in [4.69, 9.17) is 10.5 Å². The molecular weight excluding hydrogens is 488 g/mol. The molecule has 0 saturated carbocycles. The molecule has 0 aliphatic heterocycles. The van der Waals surface area contributed by atoms with Crippen LogP contribution in [0.2, 0.25) is 0 Å². The number of nitrogens with zero attached hydrogens (tertiary/aromatic N) is 1. The molecule has 10 heteroatoms. The summed E-state index contributed by atoms with van der Waals surface area (Å²) in [6.45, 7) is 12.2. The maximum absolute atomic E-state index is 13.8. The summed E-state index contributed by atoms with van der Waals surface area (Å²) in [4.78, 5) is 53.1. The van der Waals surface area contributed by atoms with Crippen LogP contribution in [0.25, 0.3) is 0 Å². The van der Waals surface area contributed by atoms with Crippen molar-refractivity contribution < 1.29 is 29.0 Å². The molecule has 0 aliphatic carbocycles. The van der Waals surface area contributed by atoms with E-state index in [2.05, 4.69) is 17.2 Å². The summed E-state index contributed by atoms with van der Waals surface area (Å²) in [6.07, 6.45) is -0.0456. The van der Waals surface area contributed by atoms with Gasteiger partial charge in [0.1, 0.15) is 23.4 Å². The number of phenols is 1. The molecule has 2 aromatic rings. The van der Waals surface area contributed by atoms with Gasteiger partial charge in [-0.1, -0.05) is 36.4 Å². The van der Waals surface area contributed by atoms with Gasteiger partial charge in [0.15, 0.2) is 0 Å². The number of para-hydroxylation sites is 1. The standard InChI is InChI=1S/C28H36N4O6/c1-7-14-32(26(36)21(16-22(29)34)30-27(37)38-28(4,5)6)24(19-12-9-13-20(33)15-19)25(35)31-23-17(2)10-8-11-18(23)3/h7-13,15,21,24,33H,1,14,16H2,2-6H3,(H2,29,34)(H,30,37)(H,31,35). The summed E-state index contributed by atoms with van der Waals surface area (Å²) < 4.78 is 5.25. The third-order valence-corrected chi connectivity index (χ3v) is 5.48. The molecule has 0 heterocycles. The van der Waals surface area contributed by atoms with Gasteiger partial charge >= 0.3 is 6.09 Å². The second kappa shape index (κ2) is 12.8. The minimum absolute atomic E-state index is 0.112. The van der Waals surface area contributed by atoms with Crippen molar-refractivity contribution in [3.05, 3.63) is 71.8 Å². The number of aryl methyl sites for hydroxylation is 2. The largest absolute Gasteiger partial charge is 0.508 e. The van der Waals surface area contributed by atoms with E-state index in [1.165, 1.54) is 18.2 Å². The number of amides is 4. The average molecular weight is 525 g/mol. The fourth-order valence-electron chi connectivity index (χ4n) is 3.88. The molecule has 0 radical (unpaired) electrons. The number of primary amides is 1. The number of phenolic OH excluding ortho intramolecular Hbond substituents is 1. The number of alkyl carbamates (subject to hydrolysis) is 1. The topological polar surface area (TPSA) is 151 Å². The molecule has 10 nitrogen and oxygen atoms in total. The van der Waals surface area contributed by atoms with Crippen LogP contribution in [0.5, 0.6) is 5.75 Å². The molecule has 5 N–H and O–H groups in total. The Kier molecular flexibility index (Phi) is 10.0. The predicted molar refractivity (Wildman–Crippen MR) is 144 cm³/mol. The van der Waals surface area contributed by atoms with E-state index in [9.17, 15) is 24.3 Å². The van der Waals surface area contributed by atoms with E-state index >= 15 is 0 Å². The van der Waals surface area contributed by atoms with Gasteiger partial charge < -0.3 is 31.1 Å². The first-order valence-corrected chi connectivity index (χ1v) is 12.1. The van der Waals surface area contributed by atoms with Crippen LogP contribution in [0.4, 0.5) is 10.5 Å². The number of carbonyl (C=O) groups excluding carboxylic acids is 4. The van der Waals surface area contributed by atoms with E-state index in [0.29, 0.717) is 11.3 Å². The van der Waals surface area contributed by atoms with Crippen LogP contribution in [-0.4, -0.2) is 52.0 Å². The molecule has 2 unspecified atom stereocenters. The predicted octanol–water partition coefficient (Wildman–Crippen LogP) is 3.47. The summed E-state index contributed by atoms with van der Waals surface area (Å²) in [5, 5.41) is 15.4. The molecule has 0 fully saturated rings. The number of nitrogens with two attached hydrogens (primary N) is 1. The molecule has 0 aromatic heterocycles. The van der Waals surface area contributed by atoms with E-state index in [1.807, 2.05) is 32.0 Å². The molecule has 204 valence electrons. The molecule has 0 bridgehead atoms. The van der Waals surface area contributed by atoms with Crippen molar-refractivity contribution in [2.75, 3.05) is 11.9 Å². The van der Waals surface area contributed by atoms with Crippen LogP contribution in [0.3, 0.4) is 0 Å². The van der Waals surface area contributed by atoms with Crippen LogP contribution < -0.4 is 16.4 Å². The lowest BCUT2D eigenvalue weighted by Crippen LogP contribution is -2.53. The molecule has 38 heavy (non-hydrogen) atoms. The number of hydrogen-bond acceptors (Lipinski definition) is 6. The number of anilines is 1. The Morgan fingerprint density at radius 2 is 1.71 bits per heavy atom. The van der Waals surface area contributed by atoms with Crippen molar-refractivity contribution in [1.29, 1.82) is 0 Å². The van der Waals surface area contributed by atoms with Gasteiger partial charge in [-0.05, 0) is 63.4 Å². The summed E-state index contributed by atoms with van der Waals surface area (Å²) in [5.74, 6) is -2.29. The van der Waals surface area contributed by atoms with E-state index in [-0.39, 0.29) is 12.3 Å². The second-order valence-electron chi connectivity index (χ2n) is 9.90. The molecule has 2 aromatic carbocycles. The SMILES string of the molecule is C=CCN(C(=O)C(CC(N)=O)NC(=O)OC(C)(C)C)C(C(=O)Nc1c(C)cccc1C)c1cccc(O)c1. The van der Waals surface area contributed by atoms with Gasteiger partial charge in [-0.2, -0.15) is 0 Å². The minimum Gasteiger partial charge on any atom is -0.508 e. The van der Waals surface area contributed by atoms with E-state index < -0.39 is 47.9 Å². The molecule has 0 aliphatic rings. The minimum atomic E-state index is -1.42. The summed E-state index contributed by atoms with van der Waals surface area (Å²) in [7, 11) is 0. The first-order valence-electron chi connectivity index (χ1n) is 12.1. The molecule has 2 rings (SSSR count). The van der Waals surface area contributed by atoms with Crippen LogP contribution in [0.15, 0.2) is 55.1 Å². The summed E-state index contributed by atoms with van der Waals surface area (Å²) >= 11 is 0. The van der Waals surface area contributed by atoms with Crippen molar-refractivity contribution >= 4 is 29.5 Å². The monoisotopic (exact) mass is 524 g/mol. The zero-order valence-corrected chi connectivity index (χ0v) is 22.4. The second-order valence-corrected chi connectivity index (χ2v) is 9.90. The van der Waals surface area contributed by atoms with Gasteiger partial charge in [0.05, 0.1) is 6.42 Å². The third kappa shape index (κ3) is 8.36. The quantitative estimate of drug-likeness (QED) is 0.349. The number of nitrogens with one attached hydrogen (secondary N) is 2. The summed E-state index contributed by atoms with van der Waals surface area (Å²) in [6, 6.07) is 8.78. The van der Waals surface area contributed by atoms with Gasteiger partial charge in [-0.15, -0.1) is 6.58 Å². The fourth-order valence-corrected chi connectivity index (χ4v) is 3.88. The highest BCUT2D eigenvalue weighted by Crippen LogP contribution is 2.28. The highest BCUT2D eigenvalue weighted by molar-refractivity contribution is 6.00. The van der Waals surface area contributed by atoms with Crippen molar-refractivity contribution in [2.45, 2.75) is 58.7 Å². The lowest BCUT2D eigenvalue weighted by molar-refractivity contribution is -0.141. The van der Waals surface area contributed by atoms with Gasteiger partial charge in [0.2, 0.25) is 11.8 Å². The lowest BCUT2D eigenvalue weighted by Gasteiger charge is -2.33. The van der Waals surface area contributed by atoms with Gasteiger partial charge in [0, 0.05) is 12.2 Å². The number of ether oxygens (including phenoxy) is 1. The first-order chi connectivity index (χ1) is 17.7. The smallest absolute Gasteiger partial charge is 0.408 e. The van der Waals surface area contributed by atoms with Gasteiger partial charge in [-0.25, -0.2) is 4.79 Å². The third-order valence-electron chi connectivity index (χ3n) is 5.48. The lowest BCUT2D eigenvalue weighted by atomic mass is 10.0. The van der Waals surface area contributed by atoms with E-state index in [1.54, 1.807) is 32.9 Å². The number of carbonyl (C=O) groups is 4. The maximum Gasteiger partial charge on any atom is 0.408 e. The molecule has 0 saturated heterocycles. The highest BCUT2D eigenvalue weighted by Gasteiger charge is 2.37. The van der Waals surface area contributed by atoms with Crippen molar-refractivity contribution in [2.24, 2.45) is 5.73 Å². The van der Waals surface area contributed by atoms with Crippen LogP contribution in [0, 0.1) is 13.8 Å². The Balaban J connectivity index is 2.55. The molecule has 4 amide bonds. The van der Waals surface area contributed by atoms with Crippen LogP contribution in [-0.2, 0) is 19.1 Å². The molecular formula is C28H36N4O6. The number of rotatable bonds is 10.